The minimum Gasteiger partial charge on any atom is -0.497 e. The van der Waals surface area contributed by atoms with Crippen molar-refractivity contribution in [2.75, 3.05) is 47.4 Å². The van der Waals surface area contributed by atoms with Crippen LogP contribution in [0.3, 0.4) is 0 Å². The van der Waals surface area contributed by atoms with Gasteiger partial charge in [-0.15, -0.1) is 5.10 Å². The summed E-state index contributed by atoms with van der Waals surface area (Å²) in [6, 6.07) is 9.45. The van der Waals surface area contributed by atoms with Crippen molar-refractivity contribution in [2.45, 2.75) is 12.6 Å². The van der Waals surface area contributed by atoms with Gasteiger partial charge in [0.2, 0.25) is 0 Å². The van der Waals surface area contributed by atoms with Crippen molar-refractivity contribution in [3.05, 3.63) is 53.7 Å². The minimum atomic E-state index is -0.168. The lowest BCUT2D eigenvalue weighted by atomic mass is 10.0. The molecule has 9 nitrogen and oxygen atoms in total. The van der Waals surface area contributed by atoms with Crippen LogP contribution in [0.1, 0.15) is 23.2 Å². The molecule has 1 atom stereocenters. The zero-order valence-electron chi connectivity index (χ0n) is 17.0. The molecule has 29 heavy (non-hydrogen) atoms. The van der Waals surface area contributed by atoms with Gasteiger partial charge in [0.15, 0.2) is 5.82 Å². The van der Waals surface area contributed by atoms with Crippen LogP contribution in [0.15, 0.2) is 41.0 Å². The van der Waals surface area contributed by atoms with Crippen LogP contribution in [-0.4, -0.2) is 77.5 Å². The quantitative estimate of drug-likeness (QED) is 0.595. The summed E-state index contributed by atoms with van der Waals surface area (Å²) in [6.45, 7) is 4.21. The molecule has 4 rings (SSSR count). The van der Waals surface area contributed by atoms with E-state index in [0.29, 0.717) is 6.54 Å². The highest BCUT2D eigenvalue weighted by molar-refractivity contribution is 5.44. The molecule has 1 fully saturated rings. The summed E-state index contributed by atoms with van der Waals surface area (Å²) in [5.74, 6) is 3.10. The van der Waals surface area contributed by atoms with Crippen LogP contribution in [-0.2, 0) is 6.54 Å². The van der Waals surface area contributed by atoms with Crippen LogP contribution in [0.5, 0.6) is 11.5 Å². The Morgan fingerprint density at radius 1 is 1.10 bits per heavy atom. The predicted molar refractivity (Wildman–Crippen MR) is 106 cm³/mol. The van der Waals surface area contributed by atoms with Crippen molar-refractivity contribution in [1.82, 2.24) is 30.0 Å². The molecule has 9 heteroatoms. The van der Waals surface area contributed by atoms with E-state index in [4.69, 9.17) is 13.9 Å². The summed E-state index contributed by atoms with van der Waals surface area (Å²) in [5.41, 5.74) is 0.979. The molecule has 0 bridgehead atoms. The van der Waals surface area contributed by atoms with E-state index in [0.717, 1.165) is 54.8 Å². The molecule has 0 aliphatic carbocycles. The molecule has 0 amide bonds. The predicted octanol–water partition coefficient (Wildman–Crippen LogP) is 1.67. The number of benzene rings is 1. The number of rotatable bonds is 7. The third-order valence-electron chi connectivity index (χ3n) is 5.32. The lowest BCUT2D eigenvalue weighted by molar-refractivity contribution is 0.120. The number of hydrogen-bond acceptors (Lipinski definition) is 8. The molecule has 3 aromatic rings. The molecular formula is C20H26N6O3. The first-order chi connectivity index (χ1) is 14.2. The highest BCUT2D eigenvalue weighted by Gasteiger charge is 2.32. The highest BCUT2D eigenvalue weighted by atomic mass is 16.5. The van der Waals surface area contributed by atoms with E-state index in [1.165, 1.54) is 0 Å². The number of piperazine rings is 1. The van der Waals surface area contributed by atoms with E-state index < -0.39 is 0 Å². The number of aromatic nitrogens is 4. The molecule has 0 saturated carbocycles. The normalized spacial score (nSPS) is 16.7. The van der Waals surface area contributed by atoms with Crippen LogP contribution >= 0.6 is 0 Å². The van der Waals surface area contributed by atoms with Crippen LogP contribution in [0.25, 0.3) is 0 Å². The standard InChI is InChI=1S/C20H26N6O3/c1-24-8-10-25(11-9-24)19(17-13-15(27-2)6-7-18(17)28-3)20-21-22-23-26(20)14-16-5-4-12-29-16/h4-7,12-13,19H,8-11,14H2,1-3H3/t19-/m1/s1. The van der Waals surface area contributed by atoms with Crippen LogP contribution in [0.2, 0.25) is 0 Å². The number of furan rings is 1. The molecule has 1 aliphatic heterocycles. The molecule has 0 radical (unpaired) electrons. The Kier molecular flexibility index (Phi) is 5.77. The number of hydrogen-bond donors (Lipinski definition) is 0. The minimum absolute atomic E-state index is 0.168. The second kappa shape index (κ2) is 8.62. The van der Waals surface area contributed by atoms with Crippen molar-refractivity contribution in [2.24, 2.45) is 0 Å². The van der Waals surface area contributed by atoms with Gasteiger partial charge in [-0.25, -0.2) is 4.68 Å². The first-order valence-corrected chi connectivity index (χ1v) is 9.62. The second-order valence-electron chi connectivity index (χ2n) is 7.12. The fraction of sp³-hybridized carbons (Fsp3) is 0.450. The summed E-state index contributed by atoms with van der Waals surface area (Å²) >= 11 is 0. The second-order valence-corrected chi connectivity index (χ2v) is 7.12. The van der Waals surface area contributed by atoms with Gasteiger partial charge >= 0.3 is 0 Å². The molecule has 0 spiro atoms. The topological polar surface area (TPSA) is 81.7 Å². The highest BCUT2D eigenvalue weighted by Crippen LogP contribution is 2.36. The van der Waals surface area contributed by atoms with Crippen molar-refractivity contribution in [1.29, 1.82) is 0 Å². The molecule has 154 valence electrons. The number of ether oxygens (including phenoxy) is 2. The van der Waals surface area contributed by atoms with Crippen molar-refractivity contribution < 1.29 is 13.9 Å². The van der Waals surface area contributed by atoms with E-state index in [1.807, 2.05) is 30.3 Å². The lowest BCUT2D eigenvalue weighted by Crippen LogP contribution is -2.46. The average Bonchev–Trinajstić information content (AvgIpc) is 3.42. The fourth-order valence-electron chi connectivity index (χ4n) is 3.70. The lowest BCUT2D eigenvalue weighted by Gasteiger charge is -2.37. The van der Waals surface area contributed by atoms with E-state index in [2.05, 4.69) is 32.4 Å². The van der Waals surface area contributed by atoms with Crippen LogP contribution < -0.4 is 9.47 Å². The van der Waals surface area contributed by atoms with Gasteiger partial charge in [0, 0.05) is 31.7 Å². The summed E-state index contributed by atoms with van der Waals surface area (Å²) in [6.07, 6.45) is 1.66. The molecule has 1 aliphatic rings. The van der Waals surface area contributed by atoms with Crippen molar-refractivity contribution in [3.63, 3.8) is 0 Å². The third kappa shape index (κ3) is 4.10. The zero-order chi connectivity index (χ0) is 20.2. The Bertz CT molecular complexity index is 918. The van der Waals surface area contributed by atoms with Crippen LogP contribution in [0, 0.1) is 0 Å². The van der Waals surface area contributed by atoms with E-state index in [-0.39, 0.29) is 6.04 Å². The van der Waals surface area contributed by atoms with Crippen LogP contribution in [0.4, 0.5) is 0 Å². The molecule has 0 N–H and O–H groups in total. The molecule has 1 aromatic carbocycles. The Morgan fingerprint density at radius 3 is 2.62 bits per heavy atom. The van der Waals surface area contributed by atoms with Gasteiger partial charge in [0.1, 0.15) is 29.8 Å². The van der Waals surface area contributed by atoms with Gasteiger partial charge in [-0.05, 0) is 47.8 Å². The van der Waals surface area contributed by atoms with Crippen molar-refractivity contribution >= 4 is 0 Å². The average molecular weight is 398 g/mol. The monoisotopic (exact) mass is 398 g/mol. The van der Waals surface area contributed by atoms with E-state index >= 15 is 0 Å². The van der Waals surface area contributed by atoms with Gasteiger partial charge in [0.05, 0.1) is 20.5 Å². The summed E-state index contributed by atoms with van der Waals surface area (Å²) in [5, 5.41) is 12.6. The maximum Gasteiger partial charge on any atom is 0.173 e. The largest absolute Gasteiger partial charge is 0.497 e. The van der Waals surface area contributed by atoms with E-state index in [9.17, 15) is 0 Å². The third-order valence-corrected chi connectivity index (χ3v) is 5.32. The number of methoxy groups -OCH3 is 2. The molecule has 2 aromatic heterocycles. The van der Waals surface area contributed by atoms with Gasteiger partial charge in [-0.3, -0.25) is 4.90 Å². The summed E-state index contributed by atoms with van der Waals surface area (Å²) in [4.78, 5) is 4.71. The summed E-state index contributed by atoms with van der Waals surface area (Å²) < 4.78 is 18.5. The van der Waals surface area contributed by atoms with Gasteiger partial charge in [-0.2, -0.15) is 0 Å². The Morgan fingerprint density at radius 2 is 1.93 bits per heavy atom. The first-order valence-electron chi connectivity index (χ1n) is 9.62. The molecule has 1 saturated heterocycles. The maximum absolute atomic E-state index is 5.69. The smallest absolute Gasteiger partial charge is 0.173 e. The Labute approximate surface area is 169 Å². The molecule has 3 heterocycles. The van der Waals surface area contributed by atoms with Crippen molar-refractivity contribution in [3.8, 4) is 11.5 Å². The Balaban J connectivity index is 1.77. The van der Waals surface area contributed by atoms with Gasteiger partial charge in [0.25, 0.3) is 0 Å². The molecule has 0 unspecified atom stereocenters. The number of likely N-dealkylation sites (N-methyl/N-ethyl adjacent to an activating group) is 1. The van der Waals surface area contributed by atoms with E-state index in [1.54, 1.807) is 25.2 Å². The van der Waals surface area contributed by atoms with Gasteiger partial charge < -0.3 is 18.8 Å². The number of nitrogens with zero attached hydrogens (tertiary/aromatic N) is 6. The molecular weight excluding hydrogens is 372 g/mol. The van der Waals surface area contributed by atoms with Gasteiger partial charge in [-0.1, -0.05) is 0 Å². The fourth-order valence-corrected chi connectivity index (χ4v) is 3.70. The number of tetrazole rings is 1. The Hall–Kier alpha value is -2.91. The zero-order valence-corrected chi connectivity index (χ0v) is 17.0. The SMILES string of the molecule is COc1ccc(OC)c([C@H](c2nnnn2Cc2ccco2)N2CCN(C)CC2)c1. The summed E-state index contributed by atoms with van der Waals surface area (Å²) in [7, 11) is 5.48. The maximum atomic E-state index is 5.69. The first kappa shape index (κ1) is 19.4.